The first-order valence-corrected chi connectivity index (χ1v) is 8.47. The van der Waals surface area contributed by atoms with Crippen LogP contribution in [0.4, 0.5) is 0 Å². The van der Waals surface area contributed by atoms with Gasteiger partial charge in [-0.05, 0) is 50.0 Å². The number of allylic oxidation sites excluding steroid dienone is 1. The molecule has 1 aliphatic heterocycles. The van der Waals surface area contributed by atoms with Crippen molar-refractivity contribution in [2.45, 2.75) is 70.8 Å². The van der Waals surface area contributed by atoms with E-state index in [1.807, 2.05) is 4.90 Å². The lowest BCUT2D eigenvalue weighted by Gasteiger charge is -2.29. The molecule has 1 atom stereocenters. The molecule has 1 fully saturated rings. The summed E-state index contributed by atoms with van der Waals surface area (Å²) < 4.78 is 0. The Bertz CT molecular complexity index is 463. The van der Waals surface area contributed by atoms with E-state index in [0.29, 0.717) is 5.92 Å². The van der Waals surface area contributed by atoms with E-state index in [2.05, 4.69) is 5.32 Å². The SMILES string of the molecule is CC(=O)NC1C(=O)N(CC2CCCCC2)C2=C1CCCC2. The van der Waals surface area contributed by atoms with Crippen LogP contribution >= 0.6 is 0 Å². The Hall–Kier alpha value is -1.32. The fourth-order valence-electron chi connectivity index (χ4n) is 4.15. The molecule has 1 N–H and O–H groups in total. The molecule has 1 saturated carbocycles. The van der Waals surface area contributed by atoms with Crippen LogP contribution in [-0.4, -0.2) is 29.3 Å². The van der Waals surface area contributed by atoms with Crippen molar-refractivity contribution >= 4 is 11.8 Å². The van der Waals surface area contributed by atoms with Gasteiger partial charge in [0.1, 0.15) is 6.04 Å². The zero-order valence-electron chi connectivity index (χ0n) is 13.0. The van der Waals surface area contributed by atoms with Crippen LogP contribution in [0.25, 0.3) is 0 Å². The van der Waals surface area contributed by atoms with Gasteiger partial charge in [0, 0.05) is 19.2 Å². The quantitative estimate of drug-likeness (QED) is 0.869. The van der Waals surface area contributed by atoms with Crippen LogP contribution in [0.15, 0.2) is 11.3 Å². The third-order valence-electron chi connectivity index (χ3n) is 5.18. The van der Waals surface area contributed by atoms with Gasteiger partial charge in [-0.2, -0.15) is 0 Å². The van der Waals surface area contributed by atoms with Gasteiger partial charge in [0.25, 0.3) is 5.91 Å². The molecule has 3 rings (SSSR count). The van der Waals surface area contributed by atoms with Gasteiger partial charge in [0.05, 0.1) is 0 Å². The highest BCUT2D eigenvalue weighted by Gasteiger charge is 2.41. The van der Waals surface area contributed by atoms with Crippen LogP contribution in [-0.2, 0) is 9.59 Å². The first-order chi connectivity index (χ1) is 10.2. The van der Waals surface area contributed by atoms with Gasteiger partial charge >= 0.3 is 0 Å². The molecule has 4 heteroatoms. The van der Waals surface area contributed by atoms with Crippen LogP contribution in [0.1, 0.15) is 64.7 Å². The summed E-state index contributed by atoms with van der Waals surface area (Å²) >= 11 is 0. The number of rotatable bonds is 3. The minimum atomic E-state index is -0.374. The Kier molecular flexibility index (Phi) is 4.32. The monoisotopic (exact) mass is 290 g/mol. The molecule has 0 radical (unpaired) electrons. The van der Waals surface area contributed by atoms with E-state index in [9.17, 15) is 9.59 Å². The highest BCUT2D eigenvalue weighted by atomic mass is 16.2. The maximum Gasteiger partial charge on any atom is 0.253 e. The minimum absolute atomic E-state index is 0.106. The van der Waals surface area contributed by atoms with Gasteiger partial charge < -0.3 is 10.2 Å². The smallest absolute Gasteiger partial charge is 0.253 e. The van der Waals surface area contributed by atoms with Crippen molar-refractivity contribution in [3.05, 3.63) is 11.3 Å². The number of carbonyl (C=O) groups excluding carboxylic acids is 2. The van der Waals surface area contributed by atoms with Gasteiger partial charge in [-0.15, -0.1) is 0 Å². The highest BCUT2D eigenvalue weighted by molar-refractivity contribution is 5.94. The van der Waals surface area contributed by atoms with Crippen LogP contribution in [0.5, 0.6) is 0 Å². The van der Waals surface area contributed by atoms with E-state index in [0.717, 1.165) is 25.8 Å². The fourth-order valence-corrected chi connectivity index (χ4v) is 4.15. The Balaban J connectivity index is 1.77. The standard InChI is InChI=1S/C17H26N2O2/c1-12(20)18-16-14-9-5-6-10-15(14)19(17(16)21)11-13-7-3-2-4-8-13/h13,16H,2-11H2,1H3,(H,18,20). The lowest BCUT2D eigenvalue weighted by molar-refractivity contribution is -0.132. The molecule has 2 amide bonds. The molecule has 116 valence electrons. The molecule has 4 nitrogen and oxygen atoms in total. The Morgan fingerprint density at radius 3 is 2.57 bits per heavy atom. The Labute approximate surface area is 127 Å². The van der Waals surface area contributed by atoms with Crippen LogP contribution < -0.4 is 5.32 Å². The minimum Gasteiger partial charge on any atom is -0.341 e. The molecular formula is C17H26N2O2. The van der Waals surface area contributed by atoms with Crippen molar-refractivity contribution in [2.75, 3.05) is 6.54 Å². The molecule has 0 spiro atoms. The normalized spacial score (nSPS) is 27.0. The van der Waals surface area contributed by atoms with E-state index in [1.165, 1.54) is 56.7 Å². The molecule has 0 bridgehead atoms. The van der Waals surface area contributed by atoms with E-state index in [-0.39, 0.29) is 17.9 Å². The topological polar surface area (TPSA) is 49.4 Å². The van der Waals surface area contributed by atoms with E-state index < -0.39 is 0 Å². The summed E-state index contributed by atoms with van der Waals surface area (Å²) in [5.74, 6) is 0.655. The summed E-state index contributed by atoms with van der Waals surface area (Å²) in [6.07, 6.45) is 10.7. The van der Waals surface area contributed by atoms with Crippen LogP contribution in [0.3, 0.4) is 0 Å². The Morgan fingerprint density at radius 1 is 1.14 bits per heavy atom. The van der Waals surface area contributed by atoms with Crippen molar-refractivity contribution in [2.24, 2.45) is 5.92 Å². The second kappa shape index (κ2) is 6.20. The average Bonchev–Trinajstić information content (AvgIpc) is 2.74. The fraction of sp³-hybridized carbons (Fsp3) is 0.765. The maximum absolute atomic E-state index is 12.8. The molecule has 0 saturated heterocycles. The van der Waals surface area contributed by atoms with Crippen molar-refractivity contribution < 1.29 is 9.59 Å². The van der Waals surface area contributed by atoms with Crippen molar-refractivity contribution in [1.82, 2.24) is 10.2 Å². The van der Waals surface area contributed by atoms with Gasteiger partial charge in [0.2, 0.25) is 5.91 Å². The summed E-state index contributed by atoms with van der Waals surface area (Å²) in [6.45, 7) is 2.37. The van der Waals surface area contributed by atoms with Gasteiger partial charge in [-0.25, -0.2) is 0 Å². The molecule has 1 heterocycles. The van der Waals surface area contributed by atoms with Crippen molar-refractivity contribution in [3.63, 3.8) is 0 Å². The molecule has 0 aromatic rings. The Morgan fingerprint density at radius 2 is 1.86 bits per heavy atom. The predicted molar refractivity (Wildman–Crippen MR) is 81.4 cm³/mol. The average molecular weight is 290 g/mol. The molecule has 21 heavy (non-hydrogen) atoms. The van der Waals surface area contributed by atoms with E-state index in [1.54, 1.807) is 0 Å². The first-order valence-electron chi connectivity index (χ1n) is 8.47. The zero-order valence-corrected chi connectivity index (χ0v) is 13.0. The summed E-state index contributed by atoms with van der Waals surface area (Å²) in [5.41, 5.74) is 2.42. The first kappa shape index (κ1) is 14.6. The van der Waals surface area contributed by atoms with E-state index >= 15 is 0 Å². The van der Waals surface area contributed by atoms with Crippen molar-refractivity contribution in [1.29, 1.82) is 0 Å². The lowest BCUT2D eigenvalue weighted by atomic mass is 9.88. The maximum atomic E-state index is 12.8. The number of hydrogen-bond acceptors (Lipinski definition) is 2. The molecule has 3 aliphatic rings. The predicted octanol–water partition coefficient (Wildman–Crippen LogP) is 2.74. The van der Waals surface area contributed by atoms with Gasteiger partial charge in [0.15, 0.2) is 0 Å². The number of nitrogens with zero attached hydrogens (tertiary/aromatic N) is 1. The molecule has 1 unspecified atom stereocenters. The molecule has 0 aromatic carbocycles. The number of carbonyl (C=O) groups is 2. The number of nitrogens with one attached hydrogen (secondary N) is 1. The van der Waals surface area contributed by atoms with Gasteiger partial charge in [-0.3, -0.25) is 9.59 Å². The largest absolute Gasteiger partial charge is 0.341 e. The number of amides is 2. The van der Waals surface area contributed by atoms with Crippen LogP contribution in [0, 0.1) is 5.92 Å². The third-order valence-corrected chi connectivity index (χ3v) is 5.18. The molecular weight excluding hydrogens is 264 g/mol. The van der Waals surface area contributed by atoms with Crippen molar-refractivity contribution in [3.8, 4) is 0 Å². The summed E-state index contributed by atoms with van der Waals surface area (Å²) in [4.78, 5) is 26.2. The second-order valence-electron chi connectivity index (χ2n) is 6.77. The lowest BCUT2D eigenvalue weighted by Crippen LogP contribution is -2.44. The molecule has 0 aromatic heterocycles. The third kappa shape index (κ3) is 2.99. The van der Waals surface area contributed by atoms with Crippen LogP contribution in [0.2, 0.25) is 0 Å². The second-order valence-corrected chi connectivity index (χ2v) is 6.77. The highest BCUT2D eigenvalue weighted by Crippen LogP contribution is 2.37. The zero-order chi connectivity index (χ0) is 14.8. The van der Waals surface area contributed by atoms with E-state index in [4.69, 9.17) is 0 Å². The number of hydrogen-bond donors (Lipinski definition) is 1. The summed E-state index contributed by atoms with van der Waals surface area (Å²) in [6, 6.07) is -0.374. The molecule has 2 aliphatic carbocycles. The summed E-state index contributed by atoms with van der Waals surface area (Å²) in [7, 11) is 0. The summed E-state index contributed by atoms with van der Waals surface area (Å²) in [5, 5.41) is 2.87. The van der Waals surface area contributed by atoms with Gasteiger partial charge in [-0.1, -0.05) is 19.3 Å².